The number of amides is 1. The highest BCUT2D eigenvalue weighted by Gasteiger charge is 2.19. The molecular formula is C21H19FN2O5S. The minimum Gasteiger partial charge on any atom is -0.493 e. The van der Waals surface area contributed by atoms with E-state index in [0.29, 0.717) is 27.1 Å². The molecule has 0 saturated heterocycles. The summed E-state index contributed by atoms with van der Waals surface area (Å²) in [5, 5.41) is 3.07. The number of ether oxygens (including phenoxy) is 3. The molecule has 7 nitrogen and oxygen atoms in total. The summed E-state index contributed by atoms with van der Waals surface area (Å²) < 4.78 is 28.8. The van der Waals surface area contributed by atoms with E-state index in [2.05, 4.69) is 10.3 Å². The Morgan fingerprint density at radius 1 is 1.10 bits per heavy atom. The highest BCUT2D eigenvalue weighted by molar-refractivity contribution is 7.17. The lowest BCUT2D eigenvalue weighted by Crippen LogP contribution is -2.20. The van der Waals surface area contributed by atoms with Crippen molar-refractivity contribution >= 4 is 28.9 Å². The number of esters is 1. The number of rotatable bonds is 7. The highest BCUT2D eigenvalue weighted by atomic mass is 32.1. The van der Waals surface area contributed by atoms with Crippen LogP contribution in [0.3, 0.4) is 0 Å². The molecule has 0 aliphatic heterocycles. The zero-order valence-corrected chi connectivity index (χ0v) is 17.3. The van der Waals surface area contributed by atoms with E-state index in [-0.39, 0.29) is 5.69 Å². The summed E-state index contributed by atoms with van der Waals surface area (Å²) in [6.45, 7) is 1.18. The van der Waals surface area contributed by atoms with Gasteiger partial charge in [0.25, 0.3) is 5.91 Å². The standard InChI is InChI=1S/C21H19FN2O5S/c1-12-19(21(26)29-11-18(25)24-15-6-4-5-14(22)10-15)30-20(23-12)13-7-8-16(27-2)17(9-13)28-3/h4-10H,11H2,1-3H3,(H,24,25). The molecule has 1 aromatic heterocycles. The van der Waals surface area contributed by atoms with Crippen LogP contribution in [0.4, 0.5) is 10.1 Å². The molecule has 0 radical (unpaired) electrons. The van der Waals surface area contributed by atoms with Crippen molar-refractivity contribution in [3.05, 3.63) is 58.9 Å². The number of hydrogen-bond acceptors (Lipinski definition) is 7. The van der Waals surface area contributed by atoms with Gasteiger partial charge in [-0.3, -0.25) is 4.79 Å². The fourth-order valence-corrected chi connectivity index (χ4v) is 3.59. The van der Waals surface area contributed by atoms with Gasteiger partial charge in [0.05, 0.1) is 19.9 Å². The van der Waals surface area contributed by atoms with Gasteiger partial charge in [-0.25, -0.2) is 14.2 Å². The van der Waals surface area contributed by atoms with E-state index in [1.54, 1.807) is 32.2 Å². The lowest BCUT2D eigenvalue weighted by atomic mass is 10.2. The molecule has 1 amide bonds. The summed E-state index contributed by atoms with van der Waals surface area (Å²) in [6, 6.07) is 10.7. The summed E-state index contributed by atoms with van der Waals surface area (Å²) in [7, 11) is 3.08. The Morgan fingerprint density at radius 2 is 1.87 bits per heavy atom. The van der Waals surface area contributed by atoms with Crippen molar-refractivity contribution in [1.29, 1.82) is 0 Å². The summed E-state index contributed by atoms with van der Waals surface area (Å²) in [6.07, 6.45) is 0. The van der Waals surface area contributed by atoms with E-state index in [0.717, 1.165) is 16.9 Å². The predicted octanol–water partition coefficient (Wildman–Crippen LogP) is 4.07. The second kappa shape index (κ2) is 9.36. The number of anilines is 1. The molecule has 0 saturated carbocycles. The first kappa shape index (κ1) is 21.3. The number of nitrogens with one attached hydrogen (secondary N) is 1. The third-order valence-corrected chi connectivity index (χ3v) is 5.24. The van der Waals surface area contributed by atoms with Crippen LogP contribution >= 0.6 is 11.3 Å². The smallest absolute Gasteiger partial charge is 0.350 e. The van der Waals surface area contributed by atoms with E-state index in [4.69, 9.17) is 14.2 Å². The van der Waals surface area contributed by atoms with E-state index in [1.807, 2.05) is 0 Å². The van der Waals surface area contributed by atoms with E-state index in [1.165, 1.54) is 31.4 Å². The van der Waals surface area contributed by atoms with Gasteiger partial charge in [0.15, 0.2) is 18.1 Å². The molecule has 1 heterocycles. The third-order valence-electron chi connectivity index (χ3n) is 4.06. The number of halogens is 1. The van der Waals surface area contributed by atoms with Crippen LogP contribution in [-0.2, 0) is 9.53 Å². The summed E-state index contributed by atoms with van der Waals surface area (Å²) in [5.74, 6) is -0.588. The molecule has 0 fully saturated rings. The molecule has 1 N–H and O–H groups in total. The number of thiazole rings is 1. The van der Waals surface area contributed by atoms with Crippen molar-refractivity contribution in [2.45, 2.75) is 6.92 Å². The zero-order valence-electron chi connectivity index (χ0n) is 16.5. The molecule has 0 unspecified atom stereocenters. The molecule has 0 aliphatic carbocycles. The fourth-order valence-electron chi connectivity index (χ4n) is 2.64. The second-order valence-corrected chi connectivity index (χ2v) is 7.14. The topological polar surface area (TPSA) is 86.8 Å². The van der Waals surface area contributed by atoms with Crippen LogP contribution in [0, 0.1) is 12.7 Å². The van der Waals surface area contributed by atoms with Crippen LogP contribution < -0.4 is 14.8 Å². The number of aryl methyl sites for hydroxylation is 1. The largest absolute Gasteiger partial charge is 0.493 e. The number of aromatic nitrogens is 1. The maximum atomic E-state index is 13.2. The number of carbonyl (C=O) groups is 2. The van der Waals surface area contributed by atoms with Gasteiger partial charge < -0.3 is 19.5 Å². The Labute approximate surface area is 176 Å². The maximum Gasteiger partial charge on any atom is 0.350 e. The van der Waals surface area contributed by atoms with Crippen molar-refractivity contribution in [3.63, 3.8) is 0 Å². The predicted molar refractivity (Wildman–Crippen MR) is 111 cm³/mol. The van der Waals surface area contributed by atoms with Crippen LogP contribution in [0.2, 0.25) is 0 Å². The Balaban J connectivity index is 1.67. The summed E-state index contributed by atoms with van der Waals surface area (Å²) in [4.78, 5) is 29.1. The number of nitrogens with zero attached hydrogens (tertiary/aromatic N) is 1. The second-order valence-electron chi connectivity index (χ2n) is 6.14. The van der Waals surface area contributed by atoms with Crippen LogP contribution in [0.1, 0.15) is 15.4 Å². The van der Waals surface area contributed by atoms with Gasteiger partial charge in [-0.15, -0.1) is 11.3 Å². The molecule has 30 heavy (non-hydrogen) atoms. The van der Waals surface area contributed by atoms with E-state index in [9.17, 15) is 14.0 Å². The molecule has 0 aliphatic rings. The maximum absolute atomic E-state index is 13.2. The van der Waals surface area contributed by atoms with Crippen LogP contribution in [0.5, 0.6) is 11.5 Å². The van der Waals surface area contributed by atoms with Crippen LogP contribution in [0.15, 0.2) is 42.5 Å². The zero-order chi connectivity index (χ0) is 21.7. The average molecular weight is 430 g/mol. The van der Waals surface area contributed by atoms with Crippen LogP contribution in [-0.4, -0.2) is 37.7 Å². The Hall–Kier alpha value is -3.46. The van der Waals surface area contributed by atoms with Gasteiger partial charge in [0.2, 0.25) is 0 Å². The summed E-state index contributed by atoms with van der Waals surface area (Å²) >= 11 is 1.15. The van der Waals surface area contributed by atoms with Gasteiger partial charge >= 0.3 is 5.97 Å². The third kappa shape index (κ3) is 4.93. The molecule has 0 bridgehead atoms. The lowest BCUT2D eigenvalue weighted by Gasteiger charge is -2.08. The molecule has 156 valence electrons. The van der Waals surface area contributed by atoms with Crippen molar-refractivity contribution in [2.75, 3.05) is 26.1 Å². The van der Waals surface area contributed by atoms with Gasteiger partial charge in [-0.05, 0) is 43.3 Å². The molecule has 3 aromatic rings. The van der Waals surface area contributed by atoms with Crippen molar-refractivity contribution < 1.29 is 28.2 Å². The fraction of sp³-hybridized carbons (Fsp3) is 0.190. The van der Waals surface area contributed by atoms with E-state index < -0.39 is 24.3 Å². The number of benzene rings is 2. The first-order valence-electron chi connectivity index (χ1n) is 8.83. The molecule has 3 rings (SSSR count). The van der Waals surface area contributed by atoms with Gasteiger partial charge in [-0.1, -0.05) is 6.07 Å². The first-order valence-corrected chi connectivity index (χ1v) is 9.65. The number of carbonyl (C=O) groups excluding carboxylic acids is 2. The molecule has 0 atom stereocenters. The van der Waals surface area contributed by atoms with Gasteiger partial charge in [0, 0.05) is 11.3 Å². The Morgan fingerprint density at radius 3 is 2.57 bits per heavy atom. The minimum absolute atomic E-state index is 0.278. The van der Waals surface area contributed by atoms with Crippen LogP contribution in [0.25, 0.3) is 10.6 Å². The molecular weight excluding hydrogens is 411 g/mol. The minimum atomic E-state index is -0.661. The van der Waals surface area contributed by atoms with E-state index >= 15 is 0 Å². The Kier molecular flexibility index (Phi) is 6.63. The number of hydrogen-bond donors (Lipinski definition) is 1. The highest BCUT2D eigenvalue weighted by Crippen LogP contribution is 2.35. The number of methoxy groups -OCH3 is 2. The van der Waals surface area contributed by atoms with Gasteiger partial charge in [0.1, 0.15) is 15.7 Å². The van der Waals surface area contributed by atoms with Crippen molar-refractivity contribution in [3.8, 4) is 22.1 Å². The lowest BCUT2D eigenvalue weighted by molar-refractivity contribution is -0.119. The first-order chi connectivity index (χ1) is 14.4. The van der Waals surface area contributed by atoms with Gasteiger partial charge in [-0.2, -0.15) is 0 Å². The SMILES string of the molecule is COc1ccc(-c2nc(C)c(C(=O)OCC(=O)Nc3cccc(F)c3)s2)cc1OC. The summed E-state index contributed by atoms with van der Waals surface area (Å²) in [5.41, 5.74) is 1.52. The normalized spacial score (nSPS) is 10.4. The Bertz CT molecular complexity index is 1080. The molecule has 9 heteroatoms. The van der Waals surface area contributed by atoms with Crippen molar-refractivity contribution in [2.24, 2.45) is 0 Å². The monoisotopic (exact) mass is 430 g/mol. The quantitative estimate of drug-likeness (QED) is 0.569. The molecule has 0 spiro atoms. The molecule has 2 aromatic carbocycles. The average Bonchev–Trinajstić information content (AvgIpc) is 3.13. The van der Waals surface area contributed by atoms with Crippen molar-refractivity contribution in [1.82, 2.24) is 4.98 Å².